The van der Waals surface area contributed by atoms with Gasteiger partial charge in [-0.25, -0.2) is 19.7 Å². The van der Waals surface area contributed by atoms with Crippen LogP contribution in [0.15, 0.2) is 40.9 Å². The van der Waals surface area contributed by atoms with Gasteiger partial charge in [-0.2, -0.15) is 0 Å². The van der Waals surface area contributed by atoms with Gasteiger partial charge in [0.15, 0.2) is 5.16 Å². The van der Waals surface area contributed by atoms with Crippen molar-refractivity contribution in [2.24, 2.45) is 0 Å². The second-order valence-electron chi connectivity index (χ2n) is 3.25. The molecule has 2 aromatic heterocycles. The average molecular weight is 262 g/mol. The van der Waals surface area contributed by atoms with Crippen molar-refractivity contribution < 1.29 is 9.53 Å². The molecular formula is C11H10N4O2S. The molecule has 2 aromatic rings. The monoisotopic (exact) mass is 262 g/mol. The molecule has 0 atom stereocenters. The molecule has 92 valence electrons. The number of methoxy groups -OCH3 is 1. The molecule has 2 N–H and O–H groups in total. The standard InChI is InChI=1S/C11H10N4O2S/c1-17-10(16)8-5-7(12)6-15-9(8)18-11-13-3-2-4-14-11/h2-6H,12H2,1H3. The summed E-state index contributed by atoms with van der Waals surface area (Å²) in [6.45, 7) is 0. The average Bonchev–Trinajstić information content (AvgIpc) is 2.41. The molecule has 2 rings (SSSR count). The van der Waals surface area contributed by atoms with Crippen molar-refractivity contribution in [1.29, 1.82) is 0 Å². The number of carbonyl (C=O) groups is 1. The predicted molar refractivity (Wildman–Crippen MR) is 66.1 cm³/mol. The van der Waals surface area contributed by atoms with E-state index < -0.39 is 5.97 Å². The lowest BCUT2D eigenvalue weighted by Gasteiger charge is -2.06. The Morgan fingerprint density at radius 2 is 2.06 bits per heavy atom. The van der Waals surface area contributed by atoms with Crippen LogP contribution in [0.2, 0.25) is 0 Å². The Bertz CT molecular complexity index is 562. The van der Waals surface area contributed by atoms with Gasteiger partial charge >= 0.3 is 5.97 Å². The fourth-order valence-corrected chi connectivity index (χ4v) is 1.99. The van der Waals surface area contributed by atoms with Gasteiger partial charge in [-0.1, -0.05) is 0 Å². The van der Waals surface area contributed by atoms with Gasteiger partial charge in [0.05, 0.1) is 24.6 Å². The van der Waals surface area contributed by atoms with Crippen molar-refractivity contribution in [2.75, 3.05) is 12.8 Å². The maximum absolute atomic E-state index is 11.6. The summed E-state index contributed by atoms with van der Waals surface area (Å²) in [5.74, 6) is -0.492. The third-order valence-corrected chi connectivity index (χ3v) is 2.92. The predicted octanol–water partition coefficient (Wildman–Crippen LogP) is 1.39. The van der Waals surface area contributed by atoms with E-state index in [0.29, 0.717) is 21.4 Å². The Balaban J connectivity index is 2.35. The van der Waals surface area contributed by atoms with E-state index in [2.05, 4.69) is 19.7 Å². The highest BCUT2D eigenvalue weighted by Crippen LogP contribution is 2.27. The summed E-state index contributed by atoms with van der Waals surface area (Å²) in [4.78, 5) is 23.8. The quantitative estimate of drug-likeness (QED) is 0.660. The smallest absolute Gasteiger partial charge is 0.340 e. The molecule has 2 heterocycles. The summed E-state index contributed by atoms with van der Waals surface area (Å²) in [5, 5.41) is 0.960. The molecule has 0 saturated carbocycles. The van der Waals surface area contributed by atoms with E-state index in [-0.39, 0.29) is 0 Å². The van der Waals surface area contributed by atoms with Crippen molar-refractivity contribution in [2.45, 2.75) is 10.2 Å². The maximum atomic E-state index is 11.6. The van der Waals surface area contributed by atoms with E-state index in [1.165, 1.54) is 31.1 Å². The molecule has 7 heteroatoms. The normalized spacial score (nSPS) is 10.1. The van der Waals surface area contributed by atoms with Gasteiger partial charge in [0.25, 0.3) is 0 Å². The zero-order chi connectivity index (χ0) is 13.0. The van der Waals surface area contributed by atoms with E-state index >= 15 is 0 Å². The minimum absolute atomic E-state index is 0.301. The lowest BCUT2D eigenvalue weighted by Crippen LogP contribution is -2.06. The highest BCUT2D eigenvalue weighted by Gasteiger charge is 2.15. The Morgan fingerprint density at radius 3 is 2.72 bits per heavy atom. The van der Waals surface area contributed by atoms with Crippen LogP contribution in [0.25, 0.3) is 0 Å². The van der Waals surface area contributed by atoms with Gasteiger partial charge in [-0.05, 0) is 23.9 Å². The summed E-state index contributed by atoms with van der Waals surface area (Å²) >= 11 is 1.18. The van der Waals surface area contributed by atoms with Crippen molar-refractivity contribution in [1.82, 2.24) is 15.0 Å². The topological polar surface area (TPSA) is 91.0 Å². The number of carbonyl (C=O) groups excluding carboxylic acids is 1. The zero-order valence-electron chi connectivity index (χ0n) is 9.53. The Labute approximate surface area is 108 Å². The van der Waals surface area contributed by atoms with Gasteiger partial charge in [-0.15, -0.1) is 0 Å². The highest BCUT2D eigenvalue weighted by atomic mass is 32.2. The molecule has 0 spiro atoms. The maximum Gasteiger partial charge on any atom is 0.340 e. The van der Waals surface area contributed by atoms with Crippen LogP contribution in [0.4, 0.5) is 5.69 Å². The number of pyridine rings is 1. The highest BCUT2D eigenvalue weighted by molar-refractivity contribution is 7.99. The fraction of sp³-hybridized carbons (Fsp3) is 0.0909. The fourth-order valence-electron chi connectivity index (χ4n) is 1.23. The molecule has 0 amide bonds. The lowest BCUT2D eigenvalue weighted by atomic mass is 10.3. The van der Waals surface area contributed by atoms with Gasteiger partial charge < -0.3 is 10.5 Å². The Morgan fingerprint density at radius 1 is 1.33 bits per heavy atom. The number of ether oxygens (including phenoxy) is 1. The molecule has 0 aliphatic rings. The number of hydrogen-bond acceptors (Lipinski definition) is 7. The van der Waals surface area contributed by atoms with E-state index in [1.54, 1.807) is 18.5 Å². The number of esters is 1. The Hall–Kier alpha value is -2.15. The van der Waals surface area contributed by atoms with Crippen molar-refractivity contribution in [3.63, 3.8) is 0 Å². The van der Waals surface area contributed by atoms with Crippen LogP contribution >= 0.6 is 11.8 Å². The number of nitrogen functional groups attached to an aromatic ring is 1. The number of hydrogen-bond donors (Lipinski definition) is 1. The largest absolute Gasteiger partial charge is 0.465 e. The first-order valence-electron chi connectivity index (χ1n) is 4.99. The lowest BCUT2D eigenvalue weighted by molar-refractivity contribution is 0.0596. The molecule has 6 nitrogen and oxygen atoms in total. The molecule has 0 aliphatic carbocycles. The first kappa shape index (κ1) is 12.3. The molecule has 0 fully saturated rings. The van der Waals surface area contributed by atoms with Gasteiger partial charge in [0.2, 0.25) is 0 Å². The van der Waals surface area contributed by atoms with E-state index in [1.807, 2.05) is 0 Å². The van der Waals surface area contributed by atoms with Crippen LogP contribution in [0, 0.1) is 0 Å². The van der Waals surface area contributed by atoms with Crippen LogP contribution < -0.4 is 5.73 Å². The van der Waals surface area contributed by atoms with E-state index in [0.717, 1.165) is 0 Å². The first-order chi connectivity index (χ1) is 8.70. The van der Waals surface area contributed by atoms with Crippen LogP contribution in [0.1, 0.15) is 10.4 Å². The van der Waals surface area contributed by atoms with Crippen LogP contribution in [0.3, 0.4) is 0 Å². The molecule has 0 aromatic carbocycles. The molecule has 0 radical (unpaired) electrons. The number of nitrogens with two attached hydrogens (primary N) is 1. The van der Waals surface area contributed by atoms with Gasteiger partial charge in [0, 0.05) is 12.4 Å². The molecular weight excluding hydrogens is 252 g/mol. The first-order valence-corrected chi connectivity index (χ1v) is 5.81. The van der Waals surface area contributed by atoms with E-state index in [9.17, 15) is 4.79 Å². The third kappa shape index (κ3) is 2.75. The van der Waals surface area contributed by atoms with Crippen molar-refractivity contribution in [3.05, 3.63) is 36.3 Å². The van der Waals surface area contributed by atoms with E-state index in [4.69, 9.17) is 5.73 Å². The molecule has 0 saturated heterocycles. The third-order valence-electron chi connectivity index (χ3n) is 2.01. The summed E-state index contributed by atoms with van der Waals surface area (Å²) in [6, 6.07) is 3.23. The number of nitrogens with zero attached hydrogens (tertiary/aromatic N) is 3. The number of anilines is 1. The van der Waals surface area contributed by atoms with Crippen LogP contribution in [-0.2, 0) is 4.74 Å². The summed E-state index contributed by atoms with van der Waals surface area (Å²) in [6.07, 6.45) is 4.70. The molecule has 0 unspecified atom stereocenters. The minimum atomic E-state index is -0.492. The summed E-state index contributed by atoms with van der Waals surface area (Å²) < 4.78 is 4.68. The Kier molecular flexibility index (Phi) is 3.73. The van der Waals surface area contributed by atoms with Gasteiger partial charge in [-0.3, -0.25) is 0 Å². The molecule has 0 bridgehead atoms. The summed E-state index contributed by atoms with van der Waals surface area (Å²) in [7, 11) is 1.30. The van der Waals surface area contributed by atoms with Gasteiger partial charge in [0.1, 0.15) is 5.03 Å². The van der Waals surface area contributed by atoms with Crippen molar-refractivity contribution in [3.8, 4) is 0 Å². The minimum Gasteiger partial charge on any atom is -0.465 e. The SMILES string of the molecule is COC(=O)c1cc(N)cnc1Sc1ncccn1. The van der Waals surface area contributed by atoms with Crippen molar-refractivity contribution >= 4 is 23.4 Å². The summed E-state index contributed by atoms with van der Waals surface area (Å²) in [5.41, 5.74) is 6.30. The van der Waals surface area contributed by atoms with Crippen LogP contribution in [-0.4, -0.2) is 28.0 Å². The number of aromatic nitrogens is 3. The molecule has 18 heavy (non-hydrogen) atoms. The second kappa shape index (κ2) is 5.46. The zero-order valence-corrected chi connectivity index (χ0v) is 10.3. The van der Waals surface area contributed by atoms with Crippen LogP contribution in [0.5, 0.6) is 0 Å². The second-order valence-corrected chi connectivity index (χ2v) is 4.20. The molecule has 0 aliphatic heterocycles. The number of rotatable bonds is 3.